The highest BCUT2D eigenvalue weighted by Gasteiger charge is 2.22. The van der Waals surface area contributed by atoms with Gasteiger partial charge in [0.05, 0.1) is 17.5 Å². The number of hydrogen-bond donors (Lipinski definition) is 2. The van der Waals surface area contributed by atoms with Crippen molar-refractivity contribution in [1.29, 1.82) is 0 Å². The summed E-state index contributed by atoms with van der Waals surface area (Å²) in [5, 5.41) is 9.41. The molecule has 0 unspecified atom stereocenters. The Morgan fingerprint density at radius 1 is 1.19 bits per heavy atom. The van der Waals surface area contributed by atoms with Gasteiger partial charge >= 0.3 is 0 Å². The van der Waals surface area contributed by atoms with Crippen molar-refractivity contribution in [2.75, 3.05) is 6.61 Å². The van der Waals surface area contributed by atoms with Crippen LogP contribution in [-0.4, -0.2) is 20.1 Å². The van der Waals surface area contributed by atoms with E-state index >= 15 is 0 Å². The summed E-state index contributed by atoms with van der Waals surface area (Å²) in [5.74, 6) is -0.624. The number of rotatable bonds is 5. The zero-order valence-electron chi connectivity index (χ0n) is 11.5. The molecule has 0 aliphatic carbocycles. The molecule has 0 spiro atoms. The quantitative estimate of drug-likeness (QED) is 0.889. The van der Waals surface area contributed by atoms with E-state index in [0.29, 0.717) is 11.1 Å². The predicted molar refractivity (Wildman–Crippen MR) is 77.7 cm³/mol. The van der Waals surface area contributed by atoms with E-state index in [1.54, 1.807) is 37.3 Å². The van der Waals surface area contributed by atoms with Gasteiger partial charge in [0, 0.05) is 0 Å². The summed E-state index contributed by atoms with van der Waals surface area (Å²) in [6.45, 7) is 1.20. The first-order valence-electron chi connectivity index (χ1n) is 6.38. The first kappa shape index (κ1) is 15.6. The minimum Gasteiger partial charge on any atom is -0.394 e. The van der Waals surface area contributed by atoms with Crippen LogP contribution in [0.5, 0.6) is 0 Å². The van der Waals surface area contributed by atoms with Gasteiger partial charge < -0.3 is 5.11 Å². The molecule has 0 aromatic heterocycles. The van der Waals surface area contributed by atoms with E-state index in [4.69, 9.17) is 0 Å². The Balaban J connectivity index is 2.34. The van der Waals surface area contributed by atoms with Gasteiger partial charge in [-0.3, -0.25) is 0 Å². The zero-order valence-corrected chi connectivity index (χ0v) is 12.3. The second-order valence-corrected chi connectivity index (χ2v) is 6.36. The molecule has 4 nitrogen and oxygen atoms in total. The average Bonchev–Trinajstić information content (AvgIpc) is 2.48. The van der Waals surface area contributed by atoms with Gasteiger partial charge in [-0.25, -0.2) is 17.5 Å². The number of halogens is 1. The summed E-state index contributed by atoms with van der Waals surface area (Å²) in [6.07, 6.45) is 0. The molecule has 0 bridgehead atoms. The Hall–Kier alpha value is -1.76. The molecule has 21 heavy (non-hydrogen) atoms. The van der Waals surface area contributed by atoms with Gasteiger partial charge in [-0.1, -0.05) is 36.4 Å². The number of aliphatic hydroxyl groups is 1. The van der Waals surface area contributed by atoms with Crippen LogP contribution in [0.4, 0.5) is 4.39 Å². The molecular weight excluding hydrogens is 293 g/mol. The number of benzene rings is 2. The molecule has 2 rings (SSSR count). The SMILES string of the molecule is Cc1ccc(F)cc1S(=O)(=O)N[C@@H](CO)c1ccccc1. The van der Waals surface area contributed by atoms with Gasteiger partial charge in [0.2, 0.25) is 10.0 Å². The van der Waals surface area contributed by atoms with Crippen molar-refractivity contribution >= 4 is 10.0 Å². The summed E-state index contributed by atoms with van der Waals surface area (Å²) in [6, 6.07) is 11.5. The summed E-state index contributed by atoms with van der Waals surface area (Å²) in [5.41, 5.74) is 1.08. The molecule has 0 fully saturated rings. The largest absolute Gasteiger partial charge is 0.394 e. The number of nitrogens with one attached hydrogen (secondary N) is 1. The van der Waals surface area contributed by atoms with Crippen molar-refractivity contribution < 1.29 is 17.9 Å². The Kier molecular flexibility index (Phi) is 4.72. The van der Waals surface area contributed by atoms with Gasteiger partial charge in [-0.05, 0) is 30.2 Å². The second kappa shape index (κ2) is 6.34. The number of aliphatic hydroxyl groups excluding tert-OH is 1. The third-order valence-corrected chi connectivity index (χ3v) is 4.74. The van der Waals surface area contributed by atoms with Crippen LogP contribution in [0.2, 0.25) is 0 Å². The van der Waals surface area contributed by atoms with Gasteiger partial charge in [0.1, 0.15) is 5.82 Å². The van der Waals surface area contributed by atoms with E-state index in [0.717, 1.165) is 6.07 Å². The van der Waals surface area contributed by atoms with E-state index in [2.05, 4.69) is 4.72 Å². The standard InChI is InChI=1S/C15H16FNO3S/c1-11-7-8-13(16)9-15(11)21(19,20)17-14(10-18)12-5-3-2-4-6-12/h2-9,14,17-18H,10H2,1H3/t14-/m0/s1. The third-order valence-electron chi connectivity index (χ3n) is 3.12. The highest BCUT2D eigenvalue weighted by atomic mass is 32.2. The van der Waals surface area contributed by atoms with Crippen molar-refractivity contribution in [2.24, 2.45) is 0 Å². The van der Waals surface area contributed by atoms with Crippen LogP contribution in [0.3, 0.4) is 0 Å². The third kappa shape index (κ3) is 3.66. The van der Waals surface area contributed by atoms with Crippen LogP contribution in [0.15, 0.2) is 53.4 Å². The molecule has 0 saturated carbocycles. The fourth-order valence-corrected chi connectivity index (χ4v) is 3.48. The lowest BCUT2D eigenvalue weighted by molar-refractivity contribution is 0.259. The maximum Gasteiger partial charge on any atom is 0.241 e. The molecule has 112 valence electrons. The molecule has 0 aliphatic rings. The average molecular weight is 309 g/mol. The Bertz CT molecular complexity index is 717. The highest BCUT2D eigenvalue weighted by molar-refractivity contribution is 7.89. The van der Waals surface area contributed by atoms with Crippen molar-refractivity contribution in [1.82, 2.24) is 4.72 Å². The van der Waals surface area contributed by atoms with E-state index in [9.17, 15) is 17.9 Å². The van der Waals surface area contributed by atoms with Crippen LogP contribution in [0, 0.1) is 12.7 Å². The molecule has 2 aromatic carbocycles. The Morgan fingerprint density at radius 3 is 2.48 bits per heavy atom. The summed E-state index contributed by atoms with van der Waals surface area (Å²) in [7, 11) is -3.92. The second-order valence-electron chi connectivity index (χ2n) is 4.68. The van der Waals surface area contributed by atoms with Crippen LogP contribution in [0.25, 0.3) is 0 Å². The maximum absolute atomic E-state index is 13.3. The molecular formula is C15H16FNO3S. The fraction of sp³-hybridized carbons (Fsp3) is 0.200. The Labute approximate surface area is 123 Å². The predicted octanol–water partition coefficient (Wildman–Crippen LogP) is 2.15. The fourth-order valence-electron chi connectivity index (χ4n) is 2.01. The summed E-state index contributed by atoms with van der Waals surface area (Å²) in [4.78, 5) is -0.128. The van der Waals surface area contributed by atoms with Crippen LogP contribution < -0.4 is 4.72 Å². The van der Waals surface area contributed by atoms with Crippen LogP contribution in [0.1, 0.15) is 17.2 Å². The minimum atomic E-state index is -3.92. The lowest BCUT2D eigenvalue weighted by atomic mass is 10.1. The molecule has 6 heteroatoms. The van der Waals surface area contributed by atoms with E-state index in [-0.39, 0.29) is 4.90 Å². The van der Waals surface area contributed by atoms with Crippen molar-refractivity contribution in [3.05, 3.63) is 65.5 Å². The molecule has 0 radical (unpaired) electrons. The Morgan fingerprint density at radius 2 is 1.86 bits per heavy atom. The number of hydrogen-bond acceptors (Lipinski definition) is 3. The van der Waals surface area contributed by atoms with Crippen molar-refractivity contribution in [3.8, 4) is 0 Å². The van der Waals surface area contributed by atoms with Crippen molar-refractivity contribution in [3.63, 3.8) is 0 Å². The molecule has 0 aliphatic heterocycles. The van der Waals surface area contributed by atoms with Crippen LogP contribution >= 0.6 is 0 Å². The first-order valence-corrected chi connectivity index (χ1v) is 7.86. The molecule has 0 heterocycles. The zero-order chi connectivity index (χ0) is 15.5. The first-order chi connectivity index (χ1) is 9.94. The van der Waals surface area contributed by atoms with E-state index < -0.39 is 28.5 Å². The monoisotopic (exact) mass is 309 g/mol. The van der Waals surface area contributed by atoms with Crippen LogP contribution in [-0.2, 0) is 10.0 Å². The molecule has 0 amide bonds. The van der Waals surface area contributed by atoms with Gasteiger partial charge in [0.25, 0.3) is 0 Å². The van der Waals surface area contributed by atoms with E-state index in [1.165, 1.54) is 12.1 Å². The van der Waals surface area contributed by atoms with Gasteiger partial charge in [-0.15, -0.1) is 0 Å². The van der Waals surface area contributed by atoms with Crippen molar-refractivity contribution in [2.45, 2.75) is 17.9 Å². The van der Waals surface area contributed by atoms with Gasteiger partial charge in [0.15, 0.2) is 0 Å². The summed E-state index contributed by atoms with van der Waals surface area (Å²) < 4.78 is 40.4. The molecule has 1 atom stereocenters. The molecule has 2 N–H and O–H groups in total. The summed E-state index contributed by atoms with van der Waals surface area (Å²) >= 11 is 0. The molecule has 0 saturated heterocycles. The molecule has 2 aromatic rings. The lowest BCUT2D eigenvalue weighted by Crippen LogP contribution is -2.31. The van der Waals surface area contributed by atoms with E-state index in [1.807, 2.05) is 0 Å². The number of aryl methyl sites for hydroxylation is 1. The number of sulfonamides is 1. The normalized spacial score (nSPS) is 13.1. The minimum absolute atomic E-state index is 0.128. The highest BCUT2D eigenvalue weighted by Crippen LogP contribution is 2.20. The topological polar surface area (TPSA) is 66.4 Å². The maximum atomic E-state index is 13.3. The smallest absolute Gasteiger partial charge is 0.241 e. The van der Waals surface area contributed by atoms with Gasteiger partial charge in [-0.2, -0.15) is 0 Å². The lowest BCUT2D eigenvalue weighted by Gasteiger charge is -2.17.